The number of amides is 2. The first-order valence-electron chi connectivity index (χ1n) is 9.76. The van der Waals surface area contributed by atoms with E-state index in [-0.39, 0.29) is 23.5 Å². The van der Waals surface area contributed by atoms with E-state index in [1.165, 1.54) is 4.31 Å². The zero-order chi connectivity index (χ0) is 20.9. The van der Waals surface area contributed by atoms with Crippen molar-refractivity contribution in [2.45, 2.75) is 43.7 Å². The van der Waals surface area contributed by atoms with Crippen molar-refractivity contribution in [2.24, 2.45) is 0 Å². The average molecular weight is 436 g/mol. The number of carbonyl (C=O) groups is 1. The third kappa shape index (κ3) is 5.50. The smallest absolute Gasteiger partial charge is 0.315 e. The summed E-state index contributed by atoms with van der Waals surface area (Å²) in [6.45, 7) is 3.09. The molecule has 156 valence electrons. The summed E-state index contributed by atoms with van der Waals surface area (Å²) < 4.78 is 27.6. The van der Waals surface area contributed by atoms with Crippen LogP contribution in [0.1, 0.15) is 43.4 Å². The van der Waals surface area contributed by atoms with Crippen LogP contribution in [0.25, 0.3) is 0 Å². The number of halogens is 1. The Morgan fingerprint density at radius 3 is 2.41 bits per heavy atom. The molecule has 2 aromatic carbocycles. The van der Waals surface area contributed by atoms with E-state index in [1.807, 2.05) is 19.1 Å². The minimum absolute atomic E-state index is 0.127. The molecule has 1 aliphatic heterocycles. The van der Waals surface area contributed by atoms with Crippen molar-refractivity contribution in [1.82, 2.24) is 14.9 Å². The van der Waals surface area contributed by atoms with Crippen molar-refractivity contribution < 1.29 is 13.2 Å². The van der Waals surface area contributed by atoms with Crippen LogP contribution in [0.15, 0.2) is 53.4 Å². The summed E-state index contributed by atoms with van der Waals surface area (Å²) in [6.07, 6.45) is 2.82. The molecule has 2 N–H and O–H groups in total. The van der Waals surface area contributed by atoms with Crippen LogP contribution < -0.4 is 10.6 Å². The van der Waals surface area contributed by atoms with Gasteiger partial charge in [0.15, 0.2) is 0 Å². The Morgan fingerprint density at radius 2 is 1.72 bits per heavy atom. The fraction of sp³-hybridized carbons (Fsp3) is 0.381. The fourth-order valence-corrected chi connectivity index (χ4v) is 5.27. The van der Waals surface area contributed by atoms with Gasteiger partial charge in [0.25, 0.3) is 0 Å². The molecule has 3 rings (SSSR count). The minimum Gasteiger partial charge on any atom is -0.334 e. The third-order valence-electron chi connectivity index (χ3n) is 5.06. The number of nitrogens with zero attached hydrogens (tertiary/aromatic N) is 1. The summed E-state index contributed by atoms with van der Waals surface area (Å²) in [5.41, 5.74) is 1.50. The number of hydrogen-bond acceptors (Lipinski definition) is 3. The molecule has 0 saturated carbocycles. The molecule has 1 unspecified atom stereocenters. The highest BCUT2D eigenvalue weighted by Gasteiger charge is 2.27. The van der Waals surface area contributed by atoms with Crippen LogP contribution in [0.5, 0.6) is 0 Å². The molecule has 6 nitrogen and oxygen atoms in total. The predicted octanol–water partition coefficient (Wildman–Crippen LogP) is 4.08. The van der Waals surface area contributed by atoms with Crippen LogP contribution in [0.3, 0.4) is 0 Å². The average Bonchev–Trinajstić information content (AvgIpc) is 2.73. The zero-order valence-electron chi connectivity index (χ0n) is 16.4. The summed E-state index contributed by atoms with van der Waals surface area (Å²) in [4.78, 5) is 12.6. The quantitative estimate of drug-likeness (QED) is 0.717. The molecule has 1 aliphatic rings. The number of sulfonamides is 1. The van der Waals surface area contributed by atoms with Gasteiger partial charge < -0.3 is 10.6 Å². The highest BCUT2D eigenvalue weighted by Crippen LogP contribution is 2.23. The lowest BCUT2D eigenvalue weighted by Gasteiger charge is -2.27. The SMILES string of the molecule is CC(NC(=O)NCc1ccccc1S(=O)(=O)N1CCCCC1)c1ccc(Cl)cc1. The molecule has 8 heteroatoms. The molecule has 1 atom stereocenters. The Hall–Kier alpha value is -2.09. The zero-order valence-corrected chi connectivity index (χ0v) is 18.0. The lowest BCUT2D eigenvalue weighted by atomic mass is 10.1. The van der Waals surface area contributed by atoms with E-state index in [0.717, 1.165) is 24.8 Å². The van der Waals surface area contributed by atoms with Crippen molar-refractivity contribution >= 4 is 27.7 Å². The van der Waals surface area contributed by atoms with E-state index in [2.05, 4.69) is 10.6 Å². The Balaban J connectivity index is 1.65. The van der Waals surface area contributed by atoms with E-state index >= 15 is 0 Å². The number of hydrogen-bond donors (Lipinski definition) is 2. The van der Waals surface area contributed by atoms with Crippen molar-refractivity contribution in [3.63, 3.8) is 0 Å². The van der Waals surface area contributed by atoms with Gasteiger partial charge in [0.2, 0.25) is 10.0 Å². The van der Waals surface area contributed by atoms with Gasteiger partial charge in [0.05, 0.1) is 10.9 Å². The lowest BCUT2D eigenvalue weighted by Crippen LogP contribution is -2.38. The van der Waals surface area contributed by atoms with Crippen molar-refractivity contribution in [3.8, 4) is 0 Å². The van der Waals surface area contributed by atoms with Crippen molar-refractivity contribution in [3.05, 3.63) is 64.7 Å². The van der Waals surface area contributed by atoms with Gasteiger partial charge in [-0.05, 0) is 49.1 Å². The van der Waals surface area contributed by atoms with E-state index in [0.29, 0.717) is 23.7 Å². The van der Waals surface area contributed by atoms with Crippen LogP contribution in [0.2, 0.25) is 5.02 Å². The first-order valence-corrected chi connectivity index (χ1v) is 11.6. The van der Waals surface area contributed by atoms with Crippen LogP contribution in [0.4, 0.5) is 4.79 Å². The van der Waals surface area contributed by atoms with Crippen LogP contribution >= 0.6 is 11.6 Å². The van der Waals surface area contributed by atoms with Gasteiger partial charge in [0, 0.05) is 24.7 Å². The van der Waals surface area contributed by atoms with Gasteiger partial charge in [-0.1, -0.05) is 48.4 Å². The number of rotatable bonds is 6. The molecular weight excluding hydrogens is 410 g/mol. The summed E-state index contributed by atoms with van der Waals surface area (Å²) in [5, 5.41) is 6.26. The summed E-state index contributed by atoms with van der Waals surface area (Å²) in [5.74, 6) is 0. The molecule has 1 saturated heterocycles. The maximum atomic E-state index is 13.0. The first-order chi connectivity index (χ1) is 13.9. The standard InChI is InChI=1S/C21H26ClN3O3S/c1-16(17-9-11-19(22)12-10-17)24-21(26)23-15-18-7-3-4-8-20(18)29(27,28)25-13-5-2-6-14-25/h3-4,7-12,16H,2,5-6,13-15H2,1H3,(H2,23,24,26). The summed E-state index contributed by atoms with van der Waals surface area (Å²) in [6, 6.07) is 13.5. The Morgan fingerprint density at radius 1 is 1.07 bits per heavy atom. The molecular formula is C21H26ClN3O3S. The van der Waals surface area contributed by atoms with Gasteiger partial charge in [-0.25, -0.2) is 13.2 Å². The van der Waals surface area contributed by atoms with Gasteiger partial charge >= 0.3 is 6.03 Å². The normalized spacial score (nSPS) is 16.2. The summed E-state index contributed by atoms with van der Waals surface area (Å²) in [7, 11) is -3.56. The maximum Gasteiger partial charge on any atom is 0.315 e. The molecule has 0 aliphatic carbocycles. The monoisotopic (exact) mass is 435 g/mol. The second-order valence-corrected chi connectivity index (χ2v) is 9.52. The summed E-state index contributed by atoms with van der Waals surface area (Å²) >= 11 is 5.90. The van der Waals surface area contributed by atoms with E-state index < -0.39 is 10.0 Å². The number of piperidine rings is 1. The molecule has 1 heterocycles. The number of carbonyl (C=O) groups excluding carboxylic acids is 1. The van der Waals surface area contributed by atoms with E-state index in [1.54, 1.807) is 36.4 Å². The fourth-order valence-electron chi connectivity index (χ4n) is 3.40. The van der Waals surface area contributed by atoms with E-state index in [9.17, 15) is 13.2 Å². The maximum absolute atomic E-state index is 13.0. The molecule has 29 heavy (non-hydrogen) atoms. The molecule has 2 aromatic rings. The molecule has 0 radical (unpaired) electrons. The largest absolute Gasteiger partial charge is 0.334 e. The topological polar surface area (TPSA) is 78.5 Å². The lowest BCUT2D eigenvalue weighted by molar-refractivity contribution is 0.237. The van der Waals surface area contributed by atoms with Gasteiger partial charge in [-0.2, -0.15) is 4.31 Å². The number of urea groups is 1. The van der Waals surface area contributed by atoms with Crippen LogP contribution in [-0.2, 0) is 16.6 Å². The Labute approximate surface area is 177 Å². The van der Waals surface area contributed by atoms with Gasteiger partial charge in [-0.3, -0.25) is 0 Å². The van der Waals surface area contributed by atoms with Gasteiger partial charge in [-0.15, -0.1) is 0 Å². The predicted molar refractivity (Wildman–Crippen MR) is 114 cm³/mol. The van der Waals surface area contributed by atoms with Crippen molar-refractivity contribution in [1.29, 1.82) is 0 Å². The van der Waals surface area contributed by atoms with Crippen LogP contribution in [-0.4, -0.2) is 31.8 Å². The molecule has 2 amide bonds. The third-order valence-corrected chi connectivity index (χ3v) is 7.31. The molecule has 1 fully saturated rings. The molecule has 0 aromatic heterocycles. The second-order valence-electron chi connectivity index (χ2n) is 7.17. The number of nitrogens with one attached hydrogen (secondary N) is 2. The minimum atomic E-state index is -3.56. The molecule has 0 bridgehead atoms. The van der Waals surface area contributed by atoms with Crippen LogP contribution in [0, 0.1) is 0 Å². The van der Waals surface area contributed by atoms with E-state index in [4.69, 9.17) is 11.6 Å². The Bertz CT molecular complexity index is 942. The highest BCUT2D eigenvalue weighted by atomic mass is 35.5. The number of benzene rings is 2. The highest BCUT2D eigenvalue weighted by molar-refractivity contribution is 7.89. The van der Waals surface area contributed by atoms with Gasteiger partial charge in [0.1, 0.15) is 0 Å². The Kier molecular flexibility index (Phi) is 7.16. The first kappa shape index (κ1) is 21.6. The second kappa shape index (κ2) is 9.61. The van der Waals surface area contributed by atoms with Crippen molar-refractivity contribution in [2.75, 3.05) is 13.1 Å². The molecule has 0 spiro atoms.